The molecule has 39 heavy (non-hydrogen) atoms. The normalized spacial score (nSPS) is 11.1. The molecule has 0 unspecified atom stereocenters. The maximum absolute atomic E-state index is 13.7. The summed E-state index contributed by atoms with van der Waals surface area (Å²) in [6.07, 6.45) is 2.53. The number of nitro benzene ring substituents is 1. The molecule has 8 nitrogen and oxygen atoms in total. The Kier molecular flexibility index (Phi) is 8.70. The number of H-pyrrole nitrogens is 1. The number of benzene rings is 3. The van der Waals surface area contributed by atoms with E-state index in [1.54, 1.807) is 17.0 Å². The molecule has 0 spiro atoms. The van der Waals surface area contributed by atoms with Crippen molar-refractivity contribution in [3.8, 4) is 0 Å². The van der Waals surface area contributed by atoms with Crippen LogP contribution in [0.1, 0.15) is 35.3 Å². The lowest BCUT2D eigenvalue weighted by Crippen LogP contribution is -2.44. The minimum absolute atomic E-state index is 0.0940. The smallest absolute Gasteiger partial charge is 0.269 e. The molecule has 2 amide bonds. The van der Waals surface area contributed by atoms with Gasteiger partial charge in [-0.1, -0.05) is 44.2 Å². The van der Waals surface area contributed by atoms with Gasteiger partial charge in [-0.05, 0) is 53.8 Å². The predicted octanol–water partition coefficient (Wildman–Crippen LogP) is 5.58. The van der Waals surface area contributed by atoms with Gasteiger partial charge in [-0.25, -0.2) is 4.39 Å². The highest BCUT2D eigenvalue weighted by Gasteiger charge is 2.24. The molecule has 0 aliphatic heterocycles. The van der Waals surface area contributed by atoms with Gasteiger partial charge < -0.3 is 14.8 Å². The summed E-state index contributed by atoms with van der Waals surface area (Å²) in [5, 5.41) is 12.1. The third-order valence-corrected chi connectivity index (χ3v) is 6.49. The molecule has 1 N–H and O–H groups in total. The first-order valence-electron chi connectivity index (χ1n) is 12.8. The van der Waals surface area contributed by atoms with Crippen LogP contribution in [0.25, 0.3) is 10.9 Å². The highest BCUT2D eigenvalue weighted by molar-refractivity contribution is 5.96. The summed E-state index contributed by atoms with van der Waals surface area (Å²) in [5.74, 6) is -0.871. The van der Waals surface area contributed by atoms with Crippen molar-refractivity contribution in [2.45, 2.75) is 26.8 Å². The van der Waals surface area contributed by atoms with E-state index in [2.05, 4.69) is 4.98 Å². The van der Waals surface area contributed by atoms with Gasteiger partial charge in [-0.3, -0.25) is 19.7 Å². The second-order valence-electron chi connectivity index (χ2n) is 9.93. The lowest BCUT2D eigenvalue weighted by Gasteiger charge is -2.29. The lowest BCUT2D eigenvalue weighted by atomic mass is 10.1. The van der Waals surface area contributed by atoms with Crippen molar-refractivity contribution in [1.29, 1.82) is 0 Å². The minimum atomic E-state index is -0.523. The number of fused-ring (bicyclic) bond motifs is 1. The van der Waals surface area contributed by atoms with Crippen LogP contribution in [0.2, 0.25) is 0 Å². The van der Waals surface area contributed by atoms with Gasteiger partial charge in [0.15, 0.2) is 0 Å². The fourth-order valence-electron chi connectivity index (χ4n) is 4.53. The first-order chi connectivity index (χ1) is 18.7. The van der Waals surface area contributed by atoms with Crippen molar-refractivity contribution < 1.29 is 18.9 Å². The first kappa shape index (κ1) is 27.5. The van der Waals surface area contributed by atoms with E-state index < -0.39 is 4.92 Å². The minimum Gasteiger partial charge on any atom is -0.361 e. The highest BCUT2D eigenvalue weighted by atomic mass is 19.1. The van der Waals surface area contributed by atoms with E-state index in [1.807, 2.05) is 44.3 Å². The number of carbonyl (C=O) groups excluding carboxylic acids is 2. The van der Waals surface area contributed by atoms with Crippen LogP contribution < -0.4 is 0 Å². The molecular formula is C30H31FN4O4. The molecule has 4 rings (SSSR count). The second kappa shape index (κ2) is 12.3. The monoisotopic (exact) mass is 530 g/mol. The van der Waals surface area contributed by atoms with Crippen LogP contribution in [0, 0.1) is 21.8 Å². The Morgan fingerprint density at radius 1 is 0.974 bits per heavy atom. The molecule has 0 radical (unpaired) electrons. The standard InChI is InChI=1S/C30H31FN4O4/c1-21(2)18-34(30(37)23-9-13-26(14-10-23)35(38)39)20-29(36)33(19-22-7-11-25(31)12-8-22)16-15-24-17-32-28-6-4-3-5-27(24)28/h3-14,17,21,32H,15-16,18-20H2,1-2H3. The molecule has 0 aliphatic carbocycles. The molecule has 202 valence electrons. The number of aromatic nitrogens is 1. The van der Waals surface area contributed by atoms with Gasteiger partial charge in [0.05, 0.1) is 4.92 Å². The number of amides is 2. The molecule has 1 aromatic heterocycles. The molecule has 0 saturated carbocycles. The highest BCUT2D eigenvalue weighted by Crippen LogP contribution is 2.20. The molecule has 0 fully saturated rings. The molecule has 0 bridgehead atoms. The number of para-hydroxylation sites is 1. The summed E-state index contributed by atoms with van der Waals surface area (Å²) in [6, 6.07) is 19.3. The van der Waals surface area contributed by atoms with Gasteiger partial charge in [0.1, 0.15) is 12.4 Å². The number of nitrogens with zero attached hydrogens (tertiary/aromatic N) is 3. The van der Waals surface area contributed by atoms with Crippen LogP contribution in [0.3, 0.4) is 0 Å². The fourth-order valence-corrected chi connectivity index (χ4v) is 4.53. The summed E-state index contributed by atoms with van der Waals surface area (Å²) < 4.78 is 13.5. The molecule has 0 saturated heterocycles. The molecule has 9 heteroatoms. The van der Waals surface area contributed by atoms with E-state index in [1.165, 1.54) is 41.3 Å². The van der Waals surface area contributed by atoms with Crippen molar-refractivity contribution in [2.24, 2.45) is 5.92 Å². The van der Waals surface area contributed by atoms with Crippen molar-refractivity contribution in [3.63, 3.8) is 0 Å². The molecule has 3 aromatic carbocycles. The zero-order valence-corrected chi connectivity index (χ0v) is 22.0. The number of rotatable bonds is 11. The van der Waals surface area contributed by atoms with Crippen molar-refractivity contribution >= 4 is 28.4 Å². The quantitative estimate of drug-likeness (QED) is 0.202. The van der Waals surface area contributed by atoms with Crippen LogP contribution in [-0.4, -0.2) is 51.2 Å². The lowest BCUT2D eigenvalue weighted by molar-refractivity contribution is -0.384. The van der Waals surface area contributed by atoms with E-state index in [9.17, 15) is 24.1 Å². The van der Waals surface area contributed by atoms with E-state index >= 15 is 0 Å². The van der Waals surface area contributed by atoms with Gasteiger partial charge in [-0.15, -0.1) is 0 Å². The second-order valence-corrected chi connectivity index (χ2v) is 9.93. The van der Waals surface area contributed by atoms with Crippen molar-refractivity contribution in [3.05, 3.63) is 112 Å². The third-order valence-electron chi connectivity index (χ3n) is 6.49. The summed E-state index contributed by atoms with van der Waals surface area (Å²) in [5.41, 5.74) is 3.03. The van der Waals surface area contributed by atoms with E-state index in [-0.39, 0.29) is 47.9 Å². The third kappa shape index (κ3) is 7.07. The van der Waals surface area contributed by atoms with Gasteiger partial charge in [0.2, 0.25) is 5.91 Å². The van der Waals surface area contributed by atoms with E-state index in [0.717, 1.165) is 22.0 Å². The summed E-state index contributed by atoms with van der Waals surface area (Å²) in [7, 11) is 0. The van der Waals surface area contributed by atoms with Crippen LogP contribution in [0.5, 0.6) is 0 Å². The molecular weight excluding hydrogens is 499 g/mol. The summed E-state index contributed by atoms with van der Waals surface area (Å²) in [6.45, 7) is 4.77. The number of nitrogens with one attached hydrogen (secondary N) is 1. The van der Waals surface area contributed by atoms with E-state index in [0.29, 0.717) is 19.5 Å². The summed E-state index contributed by atoms with van der Waals surface area (Å²) >= 11 is 0. The Morgan fingerprint density at radius 2 is 1.67 bits per heavy atom. The number of hydrogen-bond acceptors (Lipinski definition) is 4. The Bertz CT molecular complexity index is 1450. The number of hydrogen-bond donors (Lipinski definition) is 1. The van der Waals surface area contributed by atoms with Crippen LogP contribution >= 0.6 is 0 Å². The van der Waals surface area contributed by atoms with Gasteiger partial charge in [-0.2, -0.15) is 0 Å². The average Bonchev–Trinajstić information content (AvgIpc) is 3.34. The maximum atomic E-state index is 13.7. The van der Waals surface area contributed by atoms with Gasteiger partial charge in [0.25, 0.3) is 11.6 Å². The van der Waals surface area contributed by atoms with Crippen LogP contribution in [0.15, 0.2) is 79.0 Å². The van der Waals surface area contributed by atoms with E-state index in [4.69, 9.17) is 0 Å². The van der Waals surface area contributed by atoms with Crippen LogP contribution in [-0.2, 0) is 17.8 Å². The van der Waals surface area contributed by atoms with Crippen molar-refractivity contribution in [2.75, 3.05) is 19.6 Å². The maximum Gasteiger partial charge on any atom is 0.269 e. The summed E-state index contributed by atoms with van der Waals surface area (Å²) in [4.78, 5) is 43.9. The zero-order chi connectivity index (χ0) is 27.9. The van der Waals surface area contributed by atoms with Crippen molar-refractivity contribution in [1.82, 2.24) is 14.8 Å². The Morgan fingerprint density at radius 3 is 2.33 bits per heavy atom. The molecule has 4 aromatic rings. The Hall–Kier alpha value is -4.53. The topological polar surface area (TPSA) is 99.6 Å². The number of carbonyl (C=O) groups is 2. The average molecular weight is 531 g/mol. The SMILES string of the molecule is CC(C)CN(CC(=O)N(CCc1c[nH]c2ccccc12)Cc1ccc(F)cc1)C(=O)c1ccc([N+](=O)[O-])cc1. The number of halogens is 1. The number of aromatic amines is 1. The first-order valence-corrected chi connectivity index (χ1v) is 12.8. The molecule has 0 atom stereocenters. The van der Waals surface area contributed by atoms with Crippen LogP contribution in [0.4, 0.5) is 10.1 Å². The largest absolute Gasteiger partial charge is 0.361 e. The molecule has 1 heterocycles. The number of nitro groups is 1. The fraction of sp³-hybridized carbons (Fsp3) is 0.267. The van der Waals surface area contributed by atoms with Gasteiger partial charge >= 0.3 is 0 Å². The molecule has 0 aliphatic rings. The Labute approximate surface area is 226 Å². The van der Waals surface area contributed by atoms with Gasteiger partial charge in [0, 0.05) is 54.4 Å². The predicted molar refractivity (Wildman–Crippen MR) is 148 cm³/mol. The number of non-ortho nitro benzene ring substituents is 1. The zero-order valence-electron chi connectivity index (χ0n) is 22.0. The Balaban J connectivity index is 1.55.